The molecule has 0 aromatic heterocycles. The lowest BCUT2D eigenvalue weighted by Gasteiger charge is -2.07. The van der Waals surface area contributed by atoms with E-state index in [1.165, 1.54) is 54.7 Å². The molecule has 10 nitrogen and oxygen atoms in total. The maximum atomic E-state index is 12.1. The van der Waals surface area contributed by atoms with Gasteiger partial charge in [-0.05, 0) is 54.1 Å². The molecule has 2 amide bonds. The molecule has 2 N–H and O–H groups in total. The predicted octanol–water partition coefficient (Wildman–Crippen LogP) is 4.21. The summed E-state index contributed by atoms with van der Waals surface area (Å²) in [6, 6.07) is 15.7. The van der Waals surface area contributed by atoms with E-state index in [0.29, 0.717) is 5.56 Å². The molecule has 12 heteroatoms. The van der Waals surface area contributed by atoms with Crippen LogP contribution in [0.15, 0.2) is 71.8 Å². The van der Waals surface area contributed by atoms with E-state index in [2.05, 4.69) is 15.8 Å². The van der Waals surface area contributed by atoms with E-state index in [4.69, 9.17) is 27.9 Å². The van der Waals surface area contributed by atoms with E-state index in [1.54, 1.807) is 18.2 Å². The van der Waals surface area contributed by atoms with Gasteiger partial charge in [0.1, 0.15) is 5.75 Å². The first kappa shape index (κ1) is 24.4. The Hall–Kier alpha value is -4.28. The van der Waals surface area contributed by atoms with Crippen LogP contribution in [-0.2, 0) is 9.59 Å². The number of halogens is 2. The number of carbonyl (C=O) groups excluding carboxylic acids is 3. The second-order valence-corrected chi connectivity index (χ2v) is 7.30. The Bertz CT molecular complexity index is 1280. The van der Waals surface area contributed by atoms with Crippen LogP contribution in [0.3, 0.4) is 0 Å². The van der Waals surface area contributed by atoms with Crippen molar-refractivity contribution in [3.63, 3.8) is 0 Å². The van der Waals surface area contributed by atoms with Gasteiger partial charge in [0, 0.05) is 12.1 Å². The standard InChI is InChI=1S/C22H14Cl2N4O6/c23-17-2-1-3-18(19(17)24)26-20(29)21(30)27-25-12-13-4-10-16(11-5-13)34-22(31)14-6-8-15(9-7-14)28(32)33/h1-12H,(H,26,29)(H,27,30)/b25-12+. The zero-order valence-corrected chi connectivity index (χ0v) is 18.5. The van der Waals surface area contributed by atoms with Gasteiger partial charge >= 0.3 is 17.8 Å². The van der Waals surface area contributed by atoms with Crippen molar-refractivity contribution < 1.29 is 24.0 Å². The van der Waals surface area contributed by atoms with Gasteiger partial charge in [-0.1, -0.05) is 29.3 Å². The van der Waals surface area contributed by atoms with Crippen LogP contribution in [0.1, 0.15) is 15.9 Å². The topological polar surface area (TPSA) is 140 Å². The summed E-state index contributed by atoms with van der Waals surface area (Å²) in [4.78, 5) is 46.1. The van der Waals surface area contributed by atoms with E-state index < -0.39 is 22.7 Å². The van der Waals surface area contributed by atoms with Crippen LogP contribution in [0.2, 0.25) is 10.0 Å². The molecule has 0 spiro atoms. The fourth-order valence-corrected chi connectivity index (χ4v) is 2.85. The number of rotatable bonds is 6. The average molecular weight is 501 g/mol. The Kier molecular flexibility index (Phi) is 7.91. The van der Waals surface area contributed by atoms with Crippen molar-refractivity contribution in [2.45, 2.75) is 0 Å². The predicted molar refractivity (Wildman–Crippen MR) is 125 cm³/mol. The summed E-state index contributed by atoms with van der Waals surface area (Å²) in [5.41, 5.74) is 2.80. The maximum absolute atomic E-state index is 12.1. The molecule has 0 saturated heterocycles. The number of ether oxygens (including phenoxy) is 1. The third-order valence-corrected chi connectivity index (χ3v) is 5.01. The van der Waals surface area contributed by atoms with E-state index in [0.717, 1.165) is 0 Å². The molecule has 0 aliphatic heterocycles. The maximum Gasteiger partial charge on any atom is 0.343 e. The molecule has 0 radical (unpaired) electrons. The van der Waals surface area contributed by atoms with E-state index in [-0.39, 0.29) is 32.7 Å². The van der Waals surface area contributed by atoms with Gasteiger partial charge in [-0.3, -0.25) is 19.7 Å². The molecular formula is C22H14Cl2N4O6. The minimum atomic E-state index is -1.03. The number of anilines is 1. The largest absolute Gasteiger partial charge is 0.423 e. The molecule has 0 saturated carbocycles. The number of non-ortho nitro benzene ring substituents is 1. The molecule has 0 atom stereocenters. The minimum absolute atomic E-state index is 0.100. The van der Waals surface area contributed by atoms with Crippen LogP contribution >= 0.6 is 23.2 Å². The first-order chi connectivity index (χ1) is 16.2. The summed E-state index contributed by atoms with van der Waals surface area (Å²) in [5, 5.41) is 17.0. The number of carbonyl (C=O) groups is 3. The number of hydrogen-bond acceptors (Lipinski definition) is 7. The quantitative estimate of drug-likeness (QED) is 0.130. The summed E-state index contributed by atoms with van der Waals surface area (Å²) in [6.45, 7) is 0. The number of nitrogens with one attached hydrogen (secondary N) is 2. The summed E-state index contributed by atoms with van der Waals surface area (Å²) in [6.07, 6.45) is 1.28. The summed E-state index contributed by atoms with van der Waals surface area (Å²) in [7, 11) is 0. The van der Waals surface area contributed by atoms with E-state index in [9.17, 15) is 24.5 Å². The first-order valence-corrected chi connectivity index (χ1v) is 10.2. The zero-order valence-electron chi connectivity index (χ0n) is 17.0. The van der Waals surface area contributed by atoms with Crippen molar-refractivity contribution in [3.05, 3.63) is 98.0 Å². The Balaban J connectivity index is 1.52. The molecule has 3 aromatic carbocycles. The smallest absolute Gasteiger partial charge is 0.343 e. The van der Waals surface area contributed by atoms with Crippen LogP contribution < -0.4 is 15.5 Å². The Morgan fingerprint density at radius 3 is 2.26 bits per heavy atom. The molecular weight excluding hydrogens is 487 g/mol. The lowest BCUT2D eigenvalue weighted by atomic mass is 10.2. The van der Waals surface area contributed by atoms with Crippen LogP contribution in [-0.4, -0.2) is 28.9 Å². The van der Waals surface area contributed by atoms with Gasteiger partial charge in [0.2, 0.25) is 0 Å². The average Bonchev–Trinajstić information content (AvgIpc) is 2.83. The van der Waals surface area contributed by atoms with Gasteiger partial charge in [0.25, 0.3) is 5.69 Å². The van der Waals surface area contributed by atoms with Gasteiger partial charge in [-0.2, -0.15) is 5.10 Å². The fraction of sp³-hybridized carbons (Fsp3) is 0. The lowest BCUT2D eigenvalue weighted by Crippen LogP contribution is -2.32. The first-order valence-electron chi connectivity index (χ1n) is 9.39. The number of hydrazone groups is 1. The lowest BCUT2D eigenvalue weighted by molar-refractivity contribution is -0.384. The number of amides is 2. The van der Waals surface area contributed by atoms with Crippen molar-refractivity contribution in [2.24, 2.45) is 5.10 Å². The van der Waals surface area contributed by atoms with Crippen molar-refractivity contribution >= 4 is 58.6 Å². The monoisotopic (exact) mass is 500 g/mol. The molecule has 0 aliphatic rings. The second kappa shape index (κ2) is 11.0. The molecule has 0 fully saturated rings. The summed E-state index contributed by atoms with van der Waals surface area (Å²) in [5.74, 6) is -2.48. The normalized spacial score (nSPS) is 10.5. The Morgan fingerprint density at radius 2 is 1.62 bits per heavy atom. The molecule has 3 rings (SSSR count). The number of nitro benzene ring substituents is 1. The third kappa shape index (κ3) is 6.37. The summed E-state index contributed by atoms with van der Waals surface area (Å²) >= 11 is 11.8. The minimum Gasteiger partial charge on any atom is -0.423 e. The van der Waals surface area contributed by atoms with E-state index >= 15 is 0 Å². The number of benzene rings is 3. The second-order valence-electron chi connectivity index (χ2n) is 6.52. The van der Waals surface area contributed by atoms with Gasteiger partial charge in [0.15, 0.2) is 0 Å². The highest BCUT2D eigenvalue weighted by molar-refractivity contribution is 6.45. The zero-order chi connectivity index (χ0) is 24.7. The molecule has 0 aliphatic carbocycles. The molecule has 34 heavy (non-hydrogen) atoms. The molecule has 172 valence electrons. The van der Waals surface area contributed by atoms with Gasteiger partial charge in [-0.15, -0.1) is 0 Å². The molecule has 0 heterocycles. The van der Waals surface area contributed by atoms with Gasteiger partial charge in [0.05, 0.1) is 32.4 Å². The molecule has 3 aromatic rings. The van der Waals surface area contributed by atoms with Crippen LogP contribution in [0, 0.1) is 10.1 Å². The molecule has 0 bridgehead atoms. The van der Waals surface area contributed by atoms with Crippen molar-refractivity contribution in [1.29, 1.82) is 0 Å². The van der Waals surface area contributed by atoms with Crippen LogP contribution in [0.25, 0.3) is 0 Å². The Morgan fingerprint density at radius 1 is 0.941 bits per heavy atom. The third-order valence-electron chi connectivity index (χ3n) is 4.19. The van der Waals surface area contributed by atoms with Crippen molar-refractivity contribution in [3.8, 4) is 5.75 Å². The van der Waals surface area contributed by atoms with E-state index in [1.807, 2.05) is 0 Å². The highest BCUT2D eigenvalue weighted by Crippen LogP contribution is 2.29. The van der Waals surface area contributed by atoms with Gasteiger partial charge in [-0.25, -0.2) is 10.2 Å². The van der Waals surface area contributed by atoms with Crippen LogP contribution in [0.5, 0.6) is 5.75 Å². The Labute approximate surface area is 202 Å². The SMILES string of the molecule is O=C(N/N=C/c1ccc(OC(=O)c2ccc([N+](=O)[O-])cc2)cc1)C(=O)Nc1cccc(Cl)c1Cl. The summed E-state index contributed by atoms with van der Waals surface area (Å²) < 4.78 is 5.21. The number of nitro groups is 1. The number of esters is 1. The number of hydrogen-bond donors (Lipinski definition) is 2. The van der Waals surface area contributed by atoms with Gasteiger partial charge < -0.3 is 10.1 Å². The van der Waals surface area contributed by atoms with Crippen LogP contribution in [0.4, 0.5) is 11.4 Å². The highest BCUT2D eigenvalue weighted by atomic mass is 35.5. The highest BCUT2D eigenvalue weighted by Gasteiger charge is 2.15. The number of nitrogens with zero attached hydrogens (tertiary/aromatic N) is 2. The molecule has 0 unspecified atom stereocenters. The van der Waals surface area contributed by atoms with Crippen molar-refractivity contribution in [2.75, 3.05) is 5.32 Å². The fourth-order valence-electron chi connectivity index (χ4n) is 2.50. The van der Waals surface area contributed by atoms with Crippen molar-refractivity contribution in [1.82, 2.24) is 5.43 Å².